The fourth-order valence-electron chi connectivity index (χ4n) is 1.55. The van der Waals surface area contributed by atoms with E-state index in [2.05, 4.69) is 15.9 Å². The number of halogens is 3. The van der Waals surface area contributed by atoms with Crippen molar-refractivity contribution in [3.05, 3.63) is 62.8 Å². The monoisotopic (exact) mass is 342 g/mol. The molecule has 0 aromatic heterocycles. The van der Waals surface area contributed by atoms with Crippen LogP contribution >= 0.6 is 27.5 Å². The van der Waals surface area contributed by atoms with Gasteiger partial charge < -0.3 is 4.74 Å². The minimum absolute atomic E-state index is 0.0609. The van der Waals surface area contributed by atoms with E-state index in [1.54, 1.807) is 24.3 Å². The first-order chi connectivity index (χ1) is 9.11. The smallest absolute Gasteiger partial charge is 0.152 e. The van der Waals surface area contributed by atoms with E-state index < -0.39 is 0 Å². The highest BCUT2D eigenvalue weighted by Crippen LogP contribution is 2.34. The van der Waals surface area contributed by atoms with E-state index in [1.807, 2.05) is 0 Å². The highest BCUT2D eigenvalue weighted by molar-refractivity contribution is 9.10. The first kappa shape index (κ1) is 14.0. The van der Waals surface area contributed by atoms with Crippen LogP contribution in [0.5, 0.6) is 5.75 Å². The third-order valence-corrected chi connectivity index (χ3v) is 3.36. The Kier molecular flexibility index (Phi) is 4.56. The van der Waals surface area contributed by atoms with Gasteiger partial charge in [0.15, 0.2) is 5.75 Å². The second kappa shape index (κ2) is 6.17. The molecule has 0 aliphatic heterocycles. The van der Waals surface area contributed by atoms with Crippen LogP contribution in [0.25, 0.3) is 0 Å². The van der Waals surface area contributed by atoms with Crippen LogP contribution in [-0.4, -0.2) is 6.29 Å². The molecule has 2 nitrogen and oxygen atoms in total. The van der Waals surface area contributed by atoms with Gasteiger partial charge in [-0.3, -0.25) is 4.79 Å². The summed E-state index contributed by atoms with van der Waals surface area (Å²) in [5, 5.41) is 0.299. The Morgan fingerprint density at radius 1 is 1.32 bits per heavy atom. The predicted molar refractivity (Wildman–Crippen MR) is 75.3 cm³/mol. The lowest BCUT2D eigenvalue weighted by Crippen LogP contribution is -1.99. The summed E-state index contributed by atoms with van der Waals surface area (Å²) in [5.41, 5.74) is 0.875. The van der Waals surface area contributed by atoms with Crippen LogP contribution in [0.1, 0.15) is 15.9 Å². The van der Waals surface area contributed by atoms with Crippen LogP contribution in [-0.2, 0) is 6.61 Å². The molecule has 0 heterocycles. The molecule has 0 aliphatic carbocycles. The normalized spacial score (nSPS) is 10.3. The zero-order valence-electron chi connectivity index (χ0n) is 9.70. The van der Waals surface area contributed by atoms with Gasteiger partial charge in [-0.1, -0.05) is 29.8 Å². The summed E-state index contributed by atoms with van der Waals surface area (Å²) in [6.07, 6.45) is 0.692. The van der Waals surface area contributed by atoms with Crippen molar-refractivity contribution in [3.8, 4) is 5.75 Å². The minimum atomic E-state index is -0.334. The van der Waals surface area contributed by atoms with Gasteiger partial charge in [-0.2, -0.15) is 0 Å². The van der Waals surface area contributed by atoms with E-state index in [0.717, 1.165) is 0 Å². The molecule has 0 bridgehead atoms. The minimum Gasteiger partial charge on any atom is -0.486 e. The Hall–Kier alpha value is -1.39. The van der Waals surface area contributed by atoms with Crippen LogP contribution < -0.4 is 4.74 Å². The molecule has 0 atom stereocenters. The van der Waals surface area contributed by atoms with Gasteiger partial charge in [0.25, 0.3) is 0 Å². The maximum absolute atomic E-state index is 13.4. The van der Waals surface area contributed by atoms with Crippen molar-refractivity contribution >= 4 is 33.8 Å². The molecule has 0 saturated carbocycles. The fraction of sp³-hybridized carbons (Fsp3) is 0.0714. The van der Waals surface area contributed by atoms with Gasteiger partial charge in [0.2, 0.25) is 0 Å². The van der Waals surface area contributed by atoms with Gasteiger partial charge in [-0.25, -0.2) is 4.39 Å². The molecule has 2 aromatic rings. The molecular formula is C14H9BrClFO2. The van der Waals surface area contributed by atoms with Crippen molar-refractivity contribution in [2.24, 2.45) is 0 Å². The van der Waals surface area contributed by atoms with E-state index in [0.29, 0.717) is 32.7 Å². The standard InChI is InChI=1S/C14H9BrClFO2/c15-11-5-9(7-18)6-12(16)14(11)19-8-10-3-1-2-4-13(10)17/h1-7H,8H2. The third kappa shape index (κ3) is 3.33. The van der Waals surface area contributed by atoms with Crippen LogP contribution in [0, 0.1) is 5.82 Å². The Bertz CT molecular complexity index is 593. The molecular weight excluding hydrogens is 335 g/mol. The lowest BCUT2D eigenvalue weighted by molar-refractivity contribution is 0.112. The molecule has 0 amide bonds. The number of carbonyl (C=O) groups is 1. The molecule has 2 aromatic carbocycles. The summed E-state index contributed by atoms with van der Waals surface area (Å²) < 4.78 is 19.5. The molecule has 0 spiro atoms. The third-order valence-electron chi connectivity index (χ3n) is 2.49. The van der Waals surface area contributed by atoms with Crippen molar-refractivity contribution < 1.29 is 13.9 Å². The number of ether oxygens (including phenoxy) is 1. The average molecular weight is 344 g/mol. The van der Waals surface area contributed by atoms with Crippen LogP contribution in [0.2, 0.25) is 5.02 Å². The lowest BCUT2D eigenvalue weighted by atomic mass is 10.2. The molecule has 0 radical (unpaired) electrons. The zero-order chi connectivity index (χ0) is 13.8. The summed E-state index contributed by atoms with van der Waals surface area (Å²) in [5.74, 6) is 0.0507. The van der Waals surface area contributed by atoms with Crippen molar-refractivity contribution in [1.29, 1.82) is 0 Å². The maximum Gasteiger partial charge on any atom is 0.152 e. The number of hydrogen-bond donors (Lipinski definition) is 0. The molecule has 2 rings (SSSR count). The van der Waals surface area contributed by atoms with E-state index in [-0.39, 0.29) is 12.4 Å². The molecule has 0 unspecified atom stereocenters. The predicted octanol–water partition coefficient (Wildman–Crippen LogP) is 4.63. The van der Waals surface area contributed by atoms with Crippen molar-refractivity contribution in [2.45, 2.75) is 6.61 Å². The van der Waals surface area contributed by atoms with Crippen LogP contribution in [0.15, 0.2) is 40.9 Å². The Balaban J connectivity index is 2.21. The molecule has 0 aliphatic rings. The fourth-order valence-corrected chi connectivity index (χ4v) is 2.54. The van der Waals surface area contributed by atoms with Crippen molar-refractivity contribution in [3.63, 3.8) is 0 Å². The van der Waals surface area contributed by atoms with Gasteiger partial charge >= 0.3 is 0 Å². The quantitative estimate of drug-likeness (QED) is 0.756. The zero-order valence-corrected chi connectivity index (χ0v) is 12.0. The van der Waals surface area contributed by atoms with Gasteiger partial charge in [0, 0.05) is 11.1 Å². The average Bonchev–Trinajstić information content (AvgIpc) is 2.39. The summed E-state index contributed by atoms with van der Waals surface area (Å²) in [6, 6.07) is 9.43. The lowest BCUT2D eigenvalue weighted by Gasteiger charge is -2.11. The van der Waals surface area contributed by atoms with E-state index in [4.69, 9.17) is 16.3 Å². The summed E-state index contributed by atoms with van der Waals surface area (Å²) in [4.78, 5) is 10.7. The van der Waals surface area contributed by atoms with Crippen LogP contribution in [0.4, 0.5) is 4.39 Å². The van der Waals surface area contributed by atoms with E-state index in [1.165, 1.54) is 12.1 Å². The van der Waals surface area contributed by atoms with Crippen LogP contribution in [0.3, 0.4) is 0 Å². The molecule has 0 fully saturated rings. The second-order valence-electron chi connectivity index (χ2n) is 3.81. The SMILES string of the molecule is O=Cc1cc(Cl)c(OCc2ccccc2F)c(Br)c1. The topological polar surface area (TPSA) is 26.3 Å². The number of aldehydes is 1. The largest absolute Gasteiger partial charge is 0.486 e. The number of carbonyl (C=O) groups excluding carboxylic acids is 1. The Morgan fingerprint density at radius 3 is 2.68 bits per heavy atom. The number of benzene rings is 2. The summed E-state index contributed by atoms with van der Waals surface area (Å²) >= 11 is 9.28. The Morgan fingerprint density at radius 2 is 2.05 bits per heavy atom. The summed E-state index contributed by atoms with van der Waals surface area (Å²) in [6.45, 7) is 0.0609. The Labute approximate surface area is 123 Å². The summed E-state index contributed by atoms with van der Waals surface area (Å²) in [7, 11) is 0. The second-order valence-corrected chi connectivity index (χ2v) is 5.07. The molecule has 98 valence electrons. The van der Waals surface area contributed by atoms with E-state index in [9.17, 15) is 9.18 Å². The molecule has 0 saturated heterocycles. The van der Waals surface area contributed by atoms with Crippen molar-refractivity contribution in [1.82, 2.24) is 0 Å². The molecule has 0 N–H and O–H groups in total. The highest BCUT2D eigenvalue weighted by Gasteiger charge is 2.10. The molecule has 5 heteroatoms. The first-order valence-electron chi connectivity index (χ1n) is 5.42. The first-order valence-corrected chi connectivity index (χ1v) is 6.59. The van der Waals surface area contributed by atoms with Gasteiger partial charge in [-0.15, -0.1) is 0 Å². The van der Waals surface area contributed by atoms with Gasteiger partial charge in [0.1, 0.15) is 18.7 Å². The maximum atomic E-state index is 13.4. The number of rotatable bonds is 4. The molecule has 19 heavy (non-hydrogen) atoms. The van der Waals surface area contributed by atoms with E-state index >= 15 is 0 Å². The van der Waals surface area contributed by atoms with Crippen molar-refractivity contribution in [2.75, 3.05) is 0 Å². The highest BCUT2D eigenvalue weighted by atomic mass is 79.9. The number of hydrogen-bond acceptors (Lipinski definition) is 2. The van der Waals surface area contributed by atoms with Gasteiger partial charge in [-0.05, 0) is 34.1 Å². The van der Waals surface area contributed by atoms with Gasteiger partial charge in [0.05, 0.1) is 9.50 Å².